The molecule has 4 nitrogen and oxygen atoms in total. The van der Waals surface area contributed by atoms with Gasteiger partial charge in [-0.1, -0.05) is 44.2 Å². The molecule has 1 aliphatic carbocycles. The van der Waals surface area contributed by atoms with E-state index in [1.807, 2.05) is 44.2 Å². The SMILES string of the molecule is CC1(C)CC(=O)C/C(=N/NC(=O)Cc2ccccc2)C1. The van der Waals surface area contributed by atoms with E-state index in [1.54, 1.807) is 0 Å². The number of hydrazone groups is 1. The van der Waals surface area contributed by atoms with Crippen molar-refractivity contribution in [3.05, 3.63) is 35.9 Å². The normalized spacial score (nSPS) is 19.9. The lowest BCUT2D eigenvalue weighted by atomic mass is 9.76. The van der Waals surface area contributed by atoms with E-state index < -0.39 is 0 Å². The van der Waals surface area contributed by atoms with Crippen LogP contribution in [0.4, 0.5) is 0 Å². The van der Waals surface area contributed by atoms with Crippen LogP contribution in [0.5, 0.6) is 0 Å². The van der Waals surface area contributed by atoms with Crippen molar-refractivity contribution in [3.8, 4) is 0 Å². The lowest BCUT2D eigenvalue weighted by Crippen LogP contribution is -2.31. The molecule has 20 heavy (non-hydrogen) atoms. The van der Waals surface area contributed by atoms with Crippen molar-refractivity contribution in [2.75, 3.05) is 0 Å². The number of carbonyl (C=O) groups excluding carboxylic acids is 2. The minimum Gasteiger partial charge on any atom is -0.299 e. The third-order valence-electron chi connectivity index (χ3n) is 3.31. The number of hydrogen-bond acceptors (Lipinski definition) is 3. The Kier molecular flexibility index (Phi) is 4.32. The maximum Gasteiger partial charge on any atom is 0.244 e. The van der Waals surface area contributed by atoms with Gasteiger partial charge >= 0.3 is 0 Å². The summed E-state index contributed by atoms with van der Waals surface area (Å²) < 4.78 is 0. The number of Topliss-reactive ketones (excluding diaryl/α,β-unsaturated/α-hetero) is 1. The van der Waals surface area contributed by atoms with Gasteiger partial charge in [0.1, 0.15) is 5.78 Å². The smallest absolute Gasteiger partial charge is 0.244 e. The third kappa shape index (κ3) is 4.30. The van der Waals surface area contributed by atoms with Gasteiger partial charge in [0, 0.05) is 18.6 Å². The van der Waals surface area contributed by atoms with Gasteiger partial charge in [0.05, 0.1) is 6.42 Å². The van der Waals surface area contributed by atoms with Crippen LogP contribution >= 0.6 is 0 Å². The van der Waals surface area contributed by atoms with E-state index in [-0.39, 0.29) is 17.1 Å². The first-order valence-corrected chi connectivity index (χ1v) is 6.84. The van der Waals surface area contributed by atoms with E-state index in [1.165, 1.54) is 0 Å². The van der Waals surface area contributed by atoms with Gasteiger partial charge in [0.2, 0.25) is 5.91 Å². The molecule has 1 fully saturated rings. The van der Waals surface area contributed by atoms with E-state index in [2.05, 4.69) is 10.5 Å². The second-order valence-corrected chi connectivity index (χ2v) is 6.11. The molecule has 1 aromatic rings. The van der Waals surface area contributed by atoms with Crippen LogP contribution in [-0.2, 0) is 16.0 Å². The summed E-state index contributed by atoms with van der Waals surface area (Å²) >= 11 is 0. The second-order valence-electron chi connectivity index (χ2n) is 6.11. The first-order valence-electron chi connectivity index (χ1n) is 6.84. The van der Waals surface area contributed by atoms with Gasteiger partial charge in [-0.05, 0) is 17.4 Å². The molecule has 106 valence electrons. The van der Waals surface area contributed by atoms with Gasteiger partial charge < -0.3 is 0 Å². The molecule has 0 heterocycles. The van der Waals surface area contributed by atoms with Crippen molar-refractivity contribution in [1.29, 1.82) is 0 Å². The Labute approximate surface area is 119 Å². The Bertz CT molecular complexity index is 533. The lowest BCUT2D eigenvalue weighted by molar-refractivity contribution is -0.121. The minimum atomic E-state index is -0.153. The largest absolute Gasteiger partial charge is 0.299 e. The van der Waals surface area contributed by atoms with Crippen LogP contribution < -0.4 is 5.43 Å². The molecule has 1 saturated carbocycles. The Hall–Kier alpha value is -1.97. The molecule has 1 aliphatic rings. The highest BCUT2D eigenvalue weighted by atomic mass is 16.2. The van der Waals surface area contributed by atoms with Gasteiger partial charge in [-0.3, -0.25) is 9.59 Å². The van der Waals surface area contributed by atoms with Crippen LogP contribution in [0.3, 0.4) is 0 Å². The maximum absolute atomic E-state index is 11.8. The molecule has 0 bridgehead atoms. The van der Waals surface area contributed by atoms with Crippen LogP contribution in [-0.4, -0.2) is 17.4 Å². The molecule has 0 radical (unpaired) electrons. The van der Waals surface area contributed by atoms with E-state index >= 15 is 0 Å². The molecule has 1 N–H and O–H groups in total. The van der Waals surface area contributed by atoms with Gasteiger partial charge in [-0.2, -0.15) is 5.10 Å². The fraction of sp³-hybridized carbons (Fsp3) is 0.438. The van der Waals surface area contributed by atoms with Crippen molar-refractivity contribution in [1.82, 2.24) is 5.43 Å². The van der Waals surface area contributed by atoms with E-state index in [0.717, 1.165) is 17.7 Å². The topological polar surface area (TPSA) is 58.5 Å². The average molecular weight is 272 g/mol. The number of hydrogen-bond donors (Lipinski definition) is 1. The average Bonchev–Trinajstić information content (AvgIpc) is 2.35. The van der Waals surface area contributed by atoms with Crippen molar-refractivity contribution in [3.63, 3.8) is 0 Å². The predicted molar refractivity (Wildman–Crippen MR) is 78.4 cm³/mol. The van der Waals surface area contributed by atoms with Crippen LogP contribution in [0.2, 0.25) is 0 Å². The van der Waals surface area contributed by atoms with E-state index in [4.69, 9.17) is 0 Å². The number of carbonyl (C=O) groups is 2. The van der Waals surface area contributed by atoms with Crippen LogP contribution in [0.25, 0.3) is 0 Å². The Morgan fingerprint density at radius 2 is 1.95 bits per heavy atom. The van der Waals surface area contributed by atoms with Crippen LogP contribution in [0, 0.1) is 5.41 Å². The van der Waals surface area contributed by atoms with E-state index in [0.29, 0.717) is 19.3 Å². The number of amides is 1. The van der Waals surface area contributed by atoms with Gasteiger partial charge in [0.15, 0.2) is 0 Å². The van der Waals surface area contributed by atoms with Crippen molar-refractivity contribution < 1.29 is 9.59 Å². The number of nitrogens with zero attached hydrogens (tertiary/aromatic N) is 1. The fourth-order valence-corrected chi connectivity index (χ4v) is 2.54. The zero-order chi connectivity index (χ0) is 14.6. The number of ketones is 1. The number of rotatable bonds is 3. The second kappa shape index (κ2) is 5.99. The first-order chi connectivity index (χ1) is 9.44. The monoisotopic (exact) mass is 272 g/mol. The zero-order valence-corrected chi connectivity index (χ0v) is 12.0. The summed E-state index contributed by atoms with van der Waals surface area (Å²) in [4.78, 5) is 23.4. The predicted octanol–water partition coefficient (Wildman–Crippen LogP) is 2.48. The zero-order valence-electron chi connectivity index (χ0n) is 12.0. The molecular formula is C16H20N2O2. The quantitative estimate of drug-likeness (QED) is 0.859. The third-order valence-corrected chi connectivity index (χ3v) is 3.31. The summed E-state index contributed by atoms with van der Waals surface area (Å²) in [5.74, 6) is 0.0387. The Balaban J connectivity index is 1.92. The molecular weight excluding hydrogens is 252 g/mol. The summed E-state index contributed by atoms with van der Waals surface area (Å²) in [5, 5.41) is 4.12. The minimum absolute atomic E-state index is 0.0572. The molecule has 0 unspecified atom stereocenters. The fourth-order valence-electron chi connectivity index (χ4n) is 2.54. The summed E-state index contributed by atoms with van der Waals surface area (Å²) in [6, 6.07) is 9.52. The van der Waals surface area contributed by atoms with Gasteiger partial charge in [-0.25, -0.2) is 5.43 Å². The summed E-state index contributed by atoms with van der Waals surface area (Å²) in [7, 11) is 0. The van der Waals surface area contributed by atoms with Crippen molar-refractivity contribution >= 4 is 17.4 Å². The molecule has 0 atom stereocenters. The summed E-state index contributed by atoms with van der Waals surface area (Å²) in [5.41, 5.74) is 4.22. The Morgan fingerprint density at radius 1 is 1.25 bits per heavy atom. The molecule has 0 aliphatic heterocycles. The first kappa shape index (κ1) is 14.4. The number of benzene rings is 1. The molecule has 2 rings (SSSR count). The molecule has 0 saturated heterocycles. The van der Waals surface area contributed by atoms with Crippen LogP contribution in [0.1, 0.15) is 38.7 Å². The van der Waals surface area contributed by atoms with Crippen molar-refractivity contribution in [2.24, 2.45) is 10.5 Å². The van der Waals surface area contributed by atoms with Gasteiger partial charge in [-0.15, -0.1) is 0 Å². The van der Waals surface area contributed by atoms with Gasteiger partial charge in [0.25, 0.3) is 0 Å². The van der Waals surface area contributed by atoms with E-state index in [9.17, 15) is 9.59 Å². The van der Waals surface area contributed by atoms with Crippen molar-refractivity contribution in [2.45, 2.75) is 39.5 Å². The summed E-state index contributed by atoms with van der Waals surface area (Å²) in [6.45, 7) is 4.09. The molecule has 0 aromatic heterocycles. The highest BCUT2D eigenvalue weighted by molar-refractivity contribution is 6.05. The van der Waals surface area contributed by atoms with Crippen LogP contribution in [0.15, 0.2) is 35.4 Å². The highest BCUT2D eigenvalue weighted by Crippen LogP contribution is 2.31. The highest BCUT2D eigenvalue weighted by Gasteiger charge is 2.30. The maximum atomic E-state index is 11.8. The Morgan fingerprint density at radius 3 is 2.60 bits per heavy atom. The lowest BCUT2D eigenvalue weighted by Gasteiger charge is -2.28. The standard InChI is InChI=1S/C16H20N2O2/c1-16(2)10-13(9-14(19)11-16)17-18-15(20)8-12-6-4-3-5-7-12/h3-7H,8-11H2,1-2H3,(H,18,20)/b17-13-. The molecule has 1 aromatic carbocycles. The summed E-state index contributed by atoms with van der Waals surface area (Å²) in [6.07, 6.45) is 2.00. The molecule has 4 heteroatoms. The molecule has 1 amide bonds. The number of nitrogens with one attached hydrogen (secondary N) is 1. The molecule has 0 spiro atoms.